The van der Waals surface area contributed by atoms with Gasteiger partial charge in [-0.25, -0.2) is 0 Å². The molecule has 5 heteroatoms. The quantitative estimate of drug-likeness (QED) is 0.773. The van der Waals surface area contributed by atoms with Gasteiger partial charge in [-0.1, -0.05) is 17.7 Å². The molecule has 22 heavy (non-hydrogen) atoms. The van der Waals surface area contributed by atoms with E-state index in [2.05, 4.69) is 46.7 Å². The molecule has 2 aliphatic rings. The van der Waals surface area contributed by atoms with Gasteiger partial charge in [-0.3, -0.25) is 4.79 Å². The number of β-amino-alcohol motifs (C(OH)–C–C–N with tert-alkyl or cyclic N) is 1. The minimum absolute atomic E-state index is 0.0207. The van der Waals surface area contributed by atoms with Crippen molar-refractivity contribution in [3.63, 3.8) is 0 Å². The Kier molecular flexibility index (Phi) is 4.64. The fourth-order valence-corrected chi connectivity index (χ4v) is 3.30. The summed E-state index contributed by atoms with van der Waals surface area (Å²) in [6, 6.07) is 8.48. The molecule has 2 aliphatic heterocycles. The molecule has 2 heterocycles. The van der Waals surface area contributed by atoms with Crippen LogP contribution in [0.4, 0.5) is 5.69 Å². The zero-order valence-electron chi connectivity index (χ0n) is 13.1. The van der Waals surface area contributed by atoms with Gasteiger partial charge in [0.1, 0.15) is 0 Å². The summed E-state index contributed by atoms with van der Waals surface area (Å²) in [7, 11) is 0. The number of hydrogen-bond donors (Lipinski definition) is 3. The van der Waals surface area contributed by atoms with Crippen molar-refractivity contribution in [3.05, 3.63) is 29.8 Å². The van der Waals surface area contributed by atoms with Gasteiger partial charge in [-0.2, -0.15) is 0 Å². The summed E-state index contributed by atoms with van der Waals surface area (Å²) in [5, 5.41) is 15.7. The third-order valence-electron chi connectivity index (χ3n) is 4.59. The van der Waals surface area contributed by atoms with Gasteiger partial charge in [-0.05, 0) is 38.3 Å². The standard InChI is InChI=1S/C17H25N3O2/c1-12-4-6-14(7-5-12)20-8-2-3-13(11-20)19-17(22)16-9-15(21)10-18-16/h4-7,13,15-16,18,21H,2-3,8-11H2,1H3,(H,19,22). The number of aryl methyl sites for hydroxylation is 1. The number of carbonyl (C=O) groups excluding carboxylic acids is 1. The second-order valence-corrected chi connectivity index (χ2v) is 6.48. The summed E-state index contributed by atoms with van der Waals surface area (Å²) in [6.45, 7) is 4.49. The molecule has 1 amide bonds. The van der Waals surface area contributed by atoms with E-state index in [-0.39, 0.29) is 18.0 Å². The number of carbonyl (C=O) groups is 1. The molecule has 120 valence electrons. The Morgan fingerprint density at radius 2 is 2.14 bits per heavy atom. The first kappa shape index (κ1) is 15.3. The summed E-state index contributed by atoms with van der Waals surface area (Å²) in [4.78, 5) is 14.6. The second kappa shape index (κ2) is 6.67. The zero-order chi connectivity index (χ0) is 15.5. The van der Waals surface area contributed by atoms with E-state index in [0.717, 1.165) is 25.9 Å². The first-order valence-electron chi connectivity index (χ1n) is 8.15. The van der Waals surface area contributed by atoms with E-state index in [1.807, 2.05) is 0 Å². The van der Waals surface area contributed by atoms with Crippen LogP contribution in [0.2, 0.25) is 0 Å². The molecular formula is C17H25N3O2. The highest BCUT2D eigenvalue weighted by Crippen LogP contribution is 2.20. The van der Waals surface area contributed by atoms with Crippen molar-refractivity contribution in [1.82, 2.24) is 10.6 Å². The molecule has 1 aromatic rings. The largest absolute Gasteiger partial charge is 0.392 e. The van der Waals surface area contributed by atoms with Crippen LogP contribution in [0.5, 0.6) is 0 Å². The predicted octanol–water partition coefficient (Wildman–Crippen LogP) is 0.803. The molecule has 0 spiro atoms. The van der Waals surface area contributed by atoms with Gasteiger partial charge in [0.05, 0.1) is 12.1 Å². The van der Waals surface area contributed by atoms with Crippen LogP contribution >= 0.6 is 0 Å². The van der Waals surface area contributed by atoms with E-state index in [1.165, 1.54) is 11.3 Å². The Labute approximate surface area is 131 Å². The highest BCUT2D eigenvalue weighted by molar-refractivity contribution is 5.82. The summed E-state index contributed by atoms with van der Waals surface area (Å²) in [6.07, 6.45) is 2.22. The summed E-state index contributed by atoms with van der Waals surface area (Å²) >= 11 is 0. The molecule has 2 fully saturated rings. The number of piperidine rings is 1. The number of nitrogens with one attached hydrogen (secondary N) is 2. The van der Waals surface area contributed by atoms with Gasteiger partial charge in [0.2, 0.25) is 5.91 Å². The number of hydrogen-bond acceptors (Lipinski definition) is 4. The highest BCUT2D eigenvalue weighted by Gasteiger charge is 2.30. The van der Waals surface area contributed by atoms with Crippen molar-refractivity contribution in [2.45, 2.75) is 44.4 Å². The monoisotopic (exact) mass is 303 g/mol. The number of aliphatic hydroxyl groups excluding tert-OH is 1. The van der Waals surface area contributed by atoms with Crippen molar-refractivity contribution < 1.29 is 9.90 Å². The maximum absolute atomic E-state index is 12.2. The number of nitrogens with zero attached hydrogens (tertiary/aromatic N) is 1. The van der Waals surface area contributed by atoms with Gasteiger partial charge < -0.3 is 20.6 Å². The Morgan fingerprint density at radius 3 is 2.82 bits per heavy atom. The first-order valence-corrected chi connectivity index (χ1v) is 8.15. The molecule has 0 aliphatic carbocycles. The number of amides is 1. The van der Waals surface area contributed by atoms with Gasteiger partial charge in [0, 0.05) is 31.4 Å². The molecule has 0 aromatic heterocycles. The minimum atomic E-state index is -0.397. The predicted molar refractivity (Wildman–Crippen MR) is 87.0 cm³/mol. The van der Waals surface area contributed by atoms with E-state index in [9.17, 15) is 9.90 Å². The lowest BCUT2D eigenvalue weighted by molar-refractivity contribution is -0.123. The van der Waals surface area contributed by atoms with Crippen molar-refractivity contribution in [3.8, 4) is 0 Å². The van der Waals surface area contributed by atoms with Gasteiger partial charge in [-0.15, -0.1) is 0 Å². The summed E-state index contributed by atoms with van der Waals surface area (Å²) in [5.41, 5.74) is 2.48. The number of rotatable bonds is 3. The molecule has 3 atom stereocenters. The number of aliphatic hydroxyl groups is 1. The van der Waals surface area contributed by atoms with Crippen molar-refractivity contribution in [2.75, 3.05) is 24.5 Å². The van der Waals surface area contributed by atoms with Crippen LogP contribution in [-0.2, 0) is 4.79 Å². The highest BCUT2D eigenvalue weighted by atomic mass is 16.3. The van der Waals surface area contributed by atoms with E-state index in [4.69, 9.17) is 0 Å². The molecule has 2 saturated heterocycles. The zero-order valence-corrected chi connectivity index (χ0v) is 13.1. The summed E-state index contributed by atoms with van der Waals surface area (Å²) in [5.74, 6) is 0.0207. The van der Waals surface area contributed by atoms with E-state index >= 15 is 0 Å². The smallest absolute Gasteiger partial charge is 0.237 e. The molecule has 0 saturated carbocycles. The van der Waals surface area contributed by atoms with Crippen LogP contribution in [-0.4, -0.2) is 48.8 Å². The topological polar surface area (TPSA) is 64.6 Å². The Hall–Kier alpha value is -1.59. The maximum Gasteiger partial charge on any atom is 0.237 e. The molecule has 3 N–H and O–H groups in total. The first-order chi connectivity index (χ1) is 10.6. The van der Waals surface area contributed by atoms with Gasteiger partial charge >= 0.3 is 0 Å². The van der Waals surface area contributed by atoms with Crippen LogP contribution in [0.15, 0.2) is 24.3 Å². The van der Waals surface area contributed by atoms with Crippen LogP contribution < -0.4 is 15.5 Å². The molecule has 0 radical (unpaired) electrons. The average Bonchev–Trinajstić information content (AvgIpc) is 2.95. The van der Waals surface area contributed by atoms with Gasteiger partial charge in [0.15, 0.2) is 0 Å². The second-order valence-electron chi connectivity index (χ2n) is 6.48. The van der Waals surface area contributed by atoms with Gasteiger partial charge in [0.25, 0.3) is 0 Å². The van der Waals surface area contributed by atoms with E-state index in [1.54, 1.807) is 0 Å². The van der Waals surface area contributed by atoms with E-state index in [0.29, 0.717) is 13.0 Å². The Bertz CT molecular complexity index is 517. The Balaban J connectivity index is 1.56. The van der Waals surface area contributed by atoms with Crippen molar-refractivity contribution in [2.24, 2.45) is 0 Å². The fraction of sp³-hybridized carbons (Fsp3) is 0.588. The summed E-state index contributed by atoms with van der Waals surface area (Å²) < 4.78 is 0. The molecule has 3 unspecified atom stereocenters. The number of benzene rings is 1. The van der Waals surface area contributed by atoms with Crippen molar-refractivity contribution in [1.29, 1.82) is 0 Å². The molecule has 0 bridgehead atoms. The van der Waals surface area contributed by atoms with Crippen LogP contribution in [0.1, 0.15) is 24.8 Å². The normalized spacial score (nSPS) is 28.6. The number of anilines is 1. The maximum atomic E-state index is 12.2. The lowest BCUT2D eigenvalue weighted by Crippen LogP contribution is -2.51. The SMILES string of the molecule is Cc1ccc(N2CCCC(NC(=O)C3CC(O)CN3)C2)cc1. The van der Waals surface area contributed by atoms with Crippen LogP contribution in [0, 0.1) is 6.92 Å². The van der Waals surface area contributed by atoms with Crippen LogP contribution in [0.3, 0.4) is 0 Å². The average molecular weight is 303 g/mol. The lowest BCUT2D eigenvalue weighted by Gasteiger charge is -2.35. The lowest BCUT2D eigenvalue weighted by atomic mass is 10.0. The molecule has 3 rings (SSSR count). The third kappa shape index (κ3) is 3.59. The molecular weight excluding hydrogens is 278 g/mol. The third-order valence-corrected chi connectivity index (χ3v) is 4.59. The molecule has 1 aromatic carbocycles. The van der Waals surface area contributed by atoms with Crippen LogP contribution in [0.25, 0.3) is 0 Å². The van der Waals surface area contributed by atoms with E-state index < -0.39 is 6.10 Å². The molecule has 5 nitrogen and oxygen atoms in total. The fourth-order valence-electron chi connectivity index (χ4n) is 3.30. The Morgan fingerprint density at radius 1 is 1.36 bits per heavy atom. The minimum Gasteiger partial charge on any atom is -0.392 e. The van der Waals surface area contributed by atoms with Crippen molar-refractivity contribution >= 4 is 11.6 Å².